The van der Waals surface area contributed by atoms with Crippen molar-refractivity contribution in [1.82, 2.24) is 5.32 Å². The number of amides is 3. The van der Waals surface area contributed by atoms with Crippen molar-refractivity contribution in [1.29, 1.82) is 0 Å². The van der Waals surface area contributed by atoms with Gasteiger partial charge in [0.25, 0.3) is 11.8 Å². The van der Waals surface area contributed by atoms with E-state index in [4.69, 9.17) is 14.2 Å². The Morgan fingerprint density at radius 1 is 0.778 bits per heavy atom. The summed E-state index contributed by atoms with van der Waals surface area (Å²) in [5.41, 5.74) is 1.95. The zero-order chi connectivity index (χ0) is 32.2. The molecule has 3 amide bonds. The molecule has 45 heavy (non-hydrogen) atoms. The molecule has 3 N–H and O–H groups in total. The molecule has 0 bridgehead atoms. The number of anilines is 2. The molecule has 0 aliphatic heterocycles. The van der Waals surface area contributed by atoms with E-state index in [1.807, 2.05) is 0 Å². The summed E-state index contributed by atoms with van der Waals surface area (Å²) in [5.74, 6) is -0.861. The standard InChI is InChI=1S/C34H31N3O7S/c1-42-25-17-16-23(30(20-25)43-2)18-29(37-32(39)22-10-5-4-6-11-22)33(40)35-24-12-9-13-26(19-24)45-21-31(38)36-28-15-8-7-14-27(28)34(41)44-3/h4-20H,21H2,1-3H3,(H,35,40)(H,36,38)(H,37,39)/b29-18+. The fraction of sp³-hybridized carbons (Fsp3) is 0.118. The number of carbonyl (C=O) groups is 4. The summed E-state index contributed by atoms with van der Waals surface area (Å²) in [7, 11) is 4.30. The van der Waals surface area contributed by atoms with Gasteiger partial charge in [0.1, 0.15) is 17.2 Å². The van der Waals surface area contributed by atoms with Crippen LogP contribution in [0.25, 0.3) is 6.08 Å². The molecule has 0 saturated carbocycles. The number of methoxy groups -OCH3 is 3. The molecular formula is C34H31N3O7S. The van der Waals surface area contributed by atoms with E-state index in [1.165, 1.54) is 39.2 Å². The molecule has 0 aliphatic carbocycles. The van der Waals surface area contributed by atoms with E-state index in [2.05, 4.69) is 16.0 Å². The maximum absolute atomic E-state index is 13.5. The van der Waals surface area contributed by atoms with Crippen molar-refractivity contribution in [3.8, 4) is 11.5 Å². The van der Waals surface area contributed by atoms with Gasteiger partial charge in [0.15, 0.2) is 0 Å². The Labute approximate surface area is 264 Å². The number of esters is 1. The van der Waals surface area contributed by atoms with Crippen LogP contribution in [-0.2, 0) is 14.3 Å². The number of nitrogens with one attached hydrogen (secondary N) is 3. The fourth-order valence-corrected chi connectivity index (χ4v) is 4.87. The lowest BCUT2D eigenvalue weighted by atomic mass is 10.1. The normalized spacial score (nSPS) is 10.8. The minimum Gasteiger partial charge on any atom is -0.497 e. The Kier molecular flexibility index (Phi) is 11.4. The highest BCUT2D eigenvalue weighted by atomic mass is 32.2. The third-order valence-corrected chi connectivity index (χ3v) is 7.33. The molecule has 4 aromatic carbocycles. The second-order valence-corrected chi connectivity index (χ2v) is 10.4. The monoisotopic (exact) mass is 625 g/mol. The van der Waals surface area contributed by atoms with Crippen molar-refractivity contribution in [3.05, 3.63) is 119 Å². The predicted octanol–water partition coefficient (Wildman–Crippen LogP) is 5.63. The van der Waals surface area contributed by atoms with Gasteiger partial charge >= 0.3 is 5.97 Å². The third kappa shape index (κ3) is 8.97. The van der Waals surface area contributed by atoms with Crippen LogP contribution in [-0.4, -0.2) is 50.8 Å². The summed E-state index contributed by atoms with van der Waals surface area (Å²) >= 11 is 1.24. The van der Waals surface area contributed by atoms with Crippen molar-refractivity contribution in [2.24, 2.45) is 0 Å². The highest BCUT2D eigenvalue weighted by molar-refractivity contribution is 8.00. The highest BCUT2D eigenvalue weighted by Crippen LogP contribution is 2.27. The van der Waals surface area contributed by atoms with Gasteiger partial charge in [0, 0.05) is 27.8 Å². The van der Waals surface area contributed by atoms with Crippen molar-refractivity contribution < 1.29 is 33.4 Å². The van der Waals surface area contributed by atoms with Crippen molar-refractivity contribution in [2.75, 3.05) is 37.7 Å². The minimum atomic E-state index is -0.573. The Bertz CT molecular complexity index is 1720. The highest BCUT2D eigenvalue weighted by Gasteiger charge is 2.17. The summed E-state index contributed by atoms with van der Waals surface area (Å²) < 4.78 is 15.5. The molecule has 0 fully saturated rings. The first-order chi connectivity index (χ1) is 21.8. The third-order valence-electron chi connectivity index (χ3n) is 6.34. The molecule has 0 heterocycles. The molecule has 0 atom stereocenters. The Morgan fingerprint density at radius 2 is 1.53 bits per heavy atom. The van der Waals surface area contributed by atoms with Crippen LogP contribution in [0.1, 0.15) is 26.3 Å². The minimum absolute atomic E-state index is 0.0194. The van der Waals surface area contributed by atoms with Crippen LogP contribution in [0.4, 0.5) is 11.4 Å². The molecule has 0 aliphatic rings. The molecule has 10 nitrogen and oxygen atoms in total. The van der Waals surface area contributed by atoms with E-state index in [9.17, 15) is 19.2 Å². The van der Waals surface area contributed by atoms with Gasteiger partial charge in [-0.25, -0.2) is 4.79 Å². The van der Waals surface area contributed by atoms with E-state index in [1.54, 1.807) is 97.1 Å². The number of ether oxygens (including phenoxy) is 3. The number of hydrogen-bond acceptors (Lipinski definition) is 8. The van der Waals surface area contributed by atoms with Crippen LogP contribution in [0, 0.1) is 0 Å². The van der Waals surface area contributed by atoms with E-state index in [0.29, 0.717) is 38.9 Å². The number of carbonyl (C=O) groups excluding carboxylic acids is 4. The lowest BCUT2D eigenvalue weighted by Crippen LogP contribution is -2.30. The van der Waals surface area contributed by atoms with Gasteiger partial charge in [-0.15, -0.1) is 11.8 Å². The average molecular weight is 626 g/mol. The maximum Gasteiger partial charge on any atom is 0.339 e. The van der Waals surface area contributed by atoms with Crippen LogP contribution in [0.2, 0.25) is 0 Å². The topological polar surface area (TPSA) is 132 Å². The number of rotatable bonds is 12. The second-order valence-electron chi connectivity index (χ2n) is 9.34. The van der Waals surface area contributed by atoms with Crippen LogP contribution in [0.3, 0.4) is 0 Å². The van der Waals surface area contributed by atoms with Gasteiger partial charge in [-0.05, 0) is 60.7 Å². The molecular weight excluding hydrogens is 594 g/mol. The predicted molar refractivity (Wildman–Crippen MR) is 174 cm³/mol. The molecule has 0 spiro atoms. The molecule has 0 aromatic heterocycles. The first kappa shape index (κ1) is 32.4. The second kappa shape index (κ2) is 15.8. The zero-order valence-electron chi connectivity index (χ0n) is 24.8. The first-order valence-electron chi connectivity index (χ1n) is 13.6. The Hall–Kier alpha value is -5.55. The van der Waals surface area contributed by atoms with Crippen LogP contribution in [0.5, 0.6) is 11.5 Å². The summed E-state index contributed by atoms with van der Waals surface area (Å²) in [6, 6.07) is 27.1. The molecule has 0 radical (unpaired) electrons. The molecule has 230 valence electrons. The average Bonchev–Trinajstić information content (AvgIpc) is 3.07. The van der Waals surface area contributed by atoms with Gasteiger partial charge < -0.3 is 30.2 Å². The van der Waals surface area contributed by atoms with Gasteiger partial charge in [-0.3, -0.25) is 14.4 Å². The Morgan fingerprint density at radius 3 is 2.27 bits per heavy atom. The number of para-hydroxylation sites is 1. The van der Waals surface area contributed by atoms with E-state index < -0.39 is 17.8 Å². The quantitative estimate of drug-likeness (QED) is 0.105. The van der Waals surface area contributed by atoms with E-state index in [-0.39, 0.29) is 22.9 Å². The van der Waals surface area contributed by atoms with Crippen molar-refractivity contribution >= 4 is 52.9 Å². The van der Waals surface area contributed by atoms with Crippen molar-refractivity contribution in [2.45, 2.75) is 4.90 Å². The van der Waals surface area contributed by atoms with Crippen LogP contribution < -0.4 is 25.4 Å². The zero-order valence-corrected chi connectivity index (χ0v) is 25.6. The number of thioether (sulfide) groups is 1. The lowest BCUT2D eigenvalue weighted by molar-refractivity contribution is -0.114. The largest absolute Gasteiger partial charge is 0.497 e. The molecule has 0 unspecified atom stereocenters. The maximum atomic E-state index is 13.5. The van der Waals surface area contributed by atoms with Gasteiger partial charge in [-0.1, -0.05) is 36.4 Å². The van der Waals surface area contributed by atoms with Gasteiger partial charge in [0.05, 0.1) is 38.3 Å². The summed E-state index contributed by atoms with van der Waals surface area (Å²) in [6.07, 6.45) is 1.52. The summed E-state index contributed by atoms with van der Waals surface area (Å²) in [6.45, 7) is 0. The molecule has 0 saturated heterocycles. The number of hydrogen-bond donors (Lipinski definition) is 3. The van der Waals surface area contributed by atoms with E-state index in [0.717, 1.165) is 0 Å². The smallest absolute Gasteiger partial charge is 0.339 e. The Balaban J connectivity index is 1.50. The van der Waals surface area contributed by atoms with E-state index >= 15 is 0 Å². The first-order valence-corrected chi connectivity index (χ1v) is 14.6. The van der Waals surface area contributed by atoms with Crippen molar-refractivity contribution in [3.63, 3.8) is 0 Å². The van der Waals surface area contributed by atoms with Crippen LogP contribution in [0.15, 0.2) is 108 Å². The number of benzene rings is 4. The SMILES string of the molecule is COC(=O)c1ccccc1NC(=O)CSc1cccc(NC(=O)/C(=C\c2ccc(OC)cc2OC)NC(=O)c2ccccc2)c1. The fourth-order valence-electron chi connectivity index (χ4n) is 4.11. The van der Waals surface area contributed by atoms with Gasteiger partial charge in [-0.2, -0.15) is 0 Å². The van der Waals surface area contributed by atoms with Crippen LogP contribution >= 0.6 is 11.8 Å². The lowest BCUT2D eigenvalue weighted by Gasteiger charge is -2.14. The molecule has 4 aromatic rings. The molecule has 11 heteroatoms. The summed E-state index contributed by atoms with van der Waals surface area (Å²) in [4.78, 5) is 51.9. The summed E-state index contributed by atoms with van der Waals surface area (Å²) in [5, 5.41) is 8.26. The van der Waals surface area contributed by atoms with Gasteiger partial charge in [0.2, 0.25) is 5.91 Å². The molecule has 4 rings (SSSR count).